The molecule has 0 radical (unpaired) electrons. The van der Waals surface area contributed by atoms with Gasteiger partial charge < -0.3 is 4.98 Å². The van der Waals surface area contributed by atoms with E-state index >= 15 is 0 Å². The average molecular weight is 290 g/mol. The first kappa shape index (κ1) is 9.96. The molecule has 2 rings (SSSR count). The van der Waals surface area contributed by atoms with Crippen LogP contribution in [0.4, 0.5) is 0 Å². The number of nitrogens with one attached hydrogen (secondary N) is 1. The monoisotopic (exact) mass is 288 g/mol. The van der Waals surface area contributed by atoms with E-state index in [4.69, 9.17) is 23.8 Å². The van der Waals surface area contributed by atoms with Crippen LogP contribution in [0.1, 0.15) is 0 Å². The molecular formula is C9H6BrClN2S. The zero-order chi connectivity index (χ0) is 10.1. The normalized spacial score (nSPS) is 10.4. The van der Waals surface area contributed by atoms with Crippen LogP contribution in [0.3, 0.4) is 0 Å². The van der Waals surface area contributed by atoms with Gasteiger partial charge in [0.1, 0.15) is 0 Å². The van der Waals surface area contributed by atoms with E-state index in [1.807, 2.05) is 29.0 Å². The van der Waals surface area contributed by atoms with E-state index in [-0.39, 0.29) is 0 Å². The molecular weight excluding hydrogens is 284 g/mol. The predicted octanol–water partition coefficient (Wildman–Crippen LogP) is 3.95. The van der Waals surface area contributed by atoms with E-state index in [1.54, 1.807) is 6.20 Å². The Morgan fingerprint density at radius 3 is 2.79 bits per heavy atom. The highest BCUT2D eigenvalue weighted by molar-refractivity contribution is 9.10. The van der Waals surface area contributed by atoms with Crippen molar-refractivity contribution in [1.29, 1.82) is 0 Å². The smallest absolute Gasteiger partial charge is 0.181 e. The van der Waals surface area contributed by atoms with Gasteiger partial charge in [0, 0.05) is 21.9 Å². The quantitative estimate of drug-likeness (QED) is 0.788. The lowest BCUT2D eigenvalue weighted by molar-refractivity contribution is 1.02. The summed E-state index contributed by atoms with van der Waals surface area (Å²) in [6, 6.07) is 5.58. The number of rotatable bonds is 1. The predicted molar refractivity (Wildman–Crippen MR) is 63.7 cm³/mol. The summed E-state index contributed by atoms with van der Waals surface area (Å²) < 4.78 is 3.45. The Hall–Kier alpha value is -0.580. The Balaban J connectivity index is 2.63. The van der Waals surface area contributed by atoms with Gasteiger partial charge in [0.05, 0.1) is 5.69 Å². The Bertz CT molecular complexity index is 518. The summed E-state index contributed by atoms with van der Waals surface area (Å²) in [6.07, 6.45) is 3.67. The van der Waals surface area contributed by atoms with E-state index in [9.17, 15) is 0 Å². The summed E-state index contributed by atoms with van der Waals surface area (Å²) in [5.41, 5.74) is 0.973. The maximum absolute atomic E-state index is 5.85. The van der Waals surface area contributed by atoms with Gasteiger partial charge in [-0.15, -0.1) is 0 Å². The molecule has 0 aliphatic heterocycles. The van der Waals surface area contributed by atoms with Crippen LogP contribution in [-0.2, 0) is 0 Å². The van der Waals surface area contributed by atoms with E-state index in [0.29, 0.717) is 9.79 Å². The molecule has 0 unspecified atom stereocenters. The molecule has 1 heterocycles. The van der Waals surface area contributed by atoms with Gasteiger partial charge in [-0.3, -0.25) is 4.57 Å². The average Bonchev–Trinajstić information content (AvgIpc) is 2.52. The second-order valence-electron chi connectivity index (χ2n) is 2.73. The van der Waals surface area contributed by atoms with Crippen molar-refractivity contribution in [2.45, 2.75) is 0 Å². The summed E-state index contributed by atoms with van der Waals surface area (Å²) in [5, 5.41) is 0.697. The van der Waals surface area contributed by atoms with Crippen molar-refractivity contribution >= 4 is 39.7 Å². The van der Waals surface area contributed by atoms with Gasteiger partial charge in [-0.05, 0) is 46.3 Å². The van der Waals surface area contributed by atoms with Crippen molar-refractivity contribution < 1.29 is 0 Å². The number of H-pyrrole nitrogens is 1. The molecule has 72 valence electrons. The number of aromatic amines is 1. The molecule has 0 aliphatic rings. The second kappa shape index (κ2) is 3.88. The van der Waals surface area contributed by atoms with Crippen molar-refractivity contribution in [3.63, 3.8) is 0 Å². The summed E-state index contributed by atoms with van der Waals surface area (Å²) in [7, 11) is 0. The topological polar surface area (TPSA) is 20.7 Å². The number of halogens is 2. The van der Waals surface area contributed by atoms with Crippen molar-refractivity contribution in [3.8, 4) is 5.69 Å². The Morgan fingerprint density at radius 1 is 1.43 bits per heavy atom. The highest BCUT2D eigenvalue weighted by Gasteiger charge is 2.03. The first-order valence-corrected chi connectivity index (χ1v) is 5.48. The lowest BCUT2D eigenvalue weighted by Gasteiger charge is -2.05. The molecule has 0 atom stereocenters. The van der Waals surface area contributed by atoms with Crippen LogP contribution in [0.2, 0.25) is 5.02 Å². The van der Waals surface area contributed by atoms with Crippen molar-refractivity contribution in [1.82, 2.24) is 9.55 Å². The molecule has 0 fully saturated rings. The minimum absolute atomic E-state index is 0.660. The molecule has 0 amide bonds. The summed E-state index contributed by atoms with van der Waals surface area (Å²) >= 11 is 14.4. The fourth-order valence-corrected chi connectivity index (χ4v) is 2.29. The molecule has 2 nitrogen and oxygen atoms in total. The molecule has 1 N–H and O–H groups in total. The summed E-state index contributed by atoms with van der Waals surface area (Å²) in [4.78, 5) is 2.93. The van der Waals surface area contributed by atoms with Crippen molar-refractivity contribution in [2.24, 2.45) is 0 Å². The molecule has 0 spiro atoms. The highest BCUT2D eigenvalue weighted by Crippen LogP contribution is 2.24. The molecule has 0 saturated carbocycles. The number of imidazole rings is 1. The number of hydrogen-bond acceptors (Lipinski definition) is 1. The van der Waals surface area contributed by atoms with E-state index in [1.165, 1.54) is 0 Å². The van der Waals surface area contributed by atoms with Crippen LogP contribution in [0.5, 0.6) is 0 Å². The van der Waals surface area contributed by atoms with Gasteiger partial charge in [0.25, 0.3) is 0 Å². The zero-order valence-electron chi connectivity index (χ0n) is 7.00. The second-order valence-corrected chi connectivity index (χ2v) is 4.41. The fraction of sp³-hybridized carbons (Fsp3) is 0. The molecule has 2 aromatic rings. The maximum atomic E-state index is 5.85. The van der Waals surface area contributed by atoms with Gasteiger partial charge in [-0.1, -0.05) is 11.6 Å². The van der Waals surface area contributed by atoms with Crippen LogP contribution in [0.15, 0.2) is 35.1 Å². The standard InChI is InChI=1S/C9H6BrClN2S/c10-7-5-6(11)1-2-8(7)13-4-3-12-9(13)14/h1-5H,(H,12,14). The van der Waals surface area contributed by atoms with E-state index < -0.39 is 0 Å². The van der Waals surface area contributed by atoms with Gasteiger partial charge in [0.15, 0.2) is 4.77 Å². The minimum Gasteiger partial charge on any atom is -0.337 e. The first-order chi connectivity index (χ1) is 6.68. The van der Waals surface area contributed by atoms with Crippen LogP contribution >= 0.6 is 39.7 Å². The van der Waals surface area contributed by atoms with Gasteiger partial charge in [-0.2, -0.15) is 0 Å². The highest BCUT2D eigenvalue weighted by atomic mass is 79.9. The third kappa shape index (κ3) is 1.78. The van der Waals surface area contributed by atoms with Crippen LogP contribution in [-0.4, -0.2) is 9.55 Å². The van der Waals surface area contributed by atoms with Crippen LogP contribution in [0, 0.1) is 4.77 Å². The maximum Gasteiger partial charge on any atom is 0.181 e. The lowest BCUT2D eigenvalue weighted by Crippen LogP contribution is -1.92. The zero-order valence-corrected chi connectivity index (χ0v) is 10.2. The fourth-order valence-electron chi connectivity index (χ4n) is 1.19. The van der Waals surface area contributed by atoms with Crippen LogP contribution < -0.4 is 0 Å². The van der Waals surface area contributed by atoms with Crippen molar-refractivity contribution in [3.05, 3.63) is 44.9 Å². The Kier molecular flexibility index (Phi) is 2.76. The minimum atomic E-state index is 0.660. The first-order valence-electron chi connectivity index (χ1n) is 3.90. The molecule has 5 heteroatoms. The van der Waals surface area contributed by atoms with Crippen molar-refractivity contribution in [2.75, 3.05) is 0 Å². The van der Waals surface area contributed by atoms with Gasteiger partial charge >= 0.3 is 0 Å². The number of hydrogen-bond donors (Lipinski definition) is 1. The van der Waals surface area contributed by atoms with Gasteiger partial charge in [-0.25, -0.2) is 0 Å². The SMILES string of the molecule is S=c1[nH]ccn1-c1ccc(Cl)cc1Br. The number of benzene rings is 1. The third-order valence-corrected chi connectivity index (χ3v) is 3.00. The molecule has 1 aromatic heterocycles. The Morgan fingerprint density at radius 2 is 2.21 bits per heavy atom. The summed E-state index contributed by atoms with van der Waals surface area (Å²) in [6.45, 7) is 0. The molecule has 1 aromatic carbocycles. The number of aromatic nitrogens is 2. The van der Waals surface area contributed by atoms with E-state index in [0.717, 1.165) is 10.2 Å². The van der Waals surface area contributed by atoms with Crippen LogP contribution in [0.25, 0.3) is 5.69 Å². The Labute approximate surface area is 99.7 Å². The molecule has 0 bridgehead atoms. The number of nitrogens with zero attached hydrogens (tertiary/aromatic N) is 1. The third-order valence-electron chi connectivity index (χ3n) is 1.82. The molecule has 0 aliphatic carbocycles. The van der Waals surface area contributed by atoms with E-state index in [2.05, 4.69) is 20.9 Å². The largest absolute Gasteiger partial charge is 0.337 e. The van der Waals surface area contributed by atoms with Gasteiger partial charge in [0.2, 0.25) is 0 Å². The molecule has 0 saturated heterocycles. The summed E-state index contributed by atoms with van der Waals surface area (Å²) in [5.74, 6) is 0. The lowest BCUT2D eigenvalue weighted by atomic mass is 10.3. The molecule has 14 heavy (non-hydrogen) atoms.